The van der Waals surface area contributed by atoms with Crippen LogP contribution in [0.15, 0.2) is 60.7 Å². The van der Waals surface area contributed by atoms with E-state index < -0.39 is 11.8 Å². The molecule has 0 spiro atoms. The quantitative estimate of drug-likeness (QED) is 0.331. The number of anilines is 2. The minimum atomic E-state index is -0.480. The highest BCUT2D eigenvalue weighted by molar-refractivity contribution is 6.11. The number of phenols is 2. The molecular weight excluding hydrogens is 428 g/mol. The summed E-state index contributed by atoms with van der Waals surface area (Å²) in [6.45, 7) is 8.34. The molecule has 0 bridgehead atoms. The minimum absolute atomic E-state index is 0.113. The number of benzene rings is 3. The molecule has 0 aliphatic rings. The van der Waals surface area contributed by atoms with Gasteiger partial charge in [0.1, 0.15) is 11.5 Å². The second-order valence-corrected chi connectivity index (χ2v) is 9.35. The van der Waals surface area contributed by atoms with Crippen molar-refractivity contribution in [3.05, 3.63) is 82.9 Å². The summed E-state index contributed by atoms with van der Waals surface area (Å²) in [5.41, 5.74) is 3.00. The largest absolute Gasteiger partial charge is 0.507 e. The molecule has 0 atom stereocenters. The van der Waals surface area contributed by atoms with E-state index >= 15 is 0 Å². The zero-order chi connectivity index (χ0) is 24.8. The van der Waals surface area contributed by atoms with E-state index in [0.717, 1.165) is 24.0 Å². The van der Waals surface area contributed by atoms with Crippen LogP contribution in [0, 0.1) is 11.8 Å². The van der Waals surface area contributed by atoms with Crippen LogP contribution in [0.5, 0.6) is 11.5 Å². The first-order valence-corrected chi connectivity index (χ1v) is 11.5. The average Bonchev–Trinajstić information content (AvgIpc) is 2.77. The Kier molecular flexibility index (Phi) is 7.95. The summed E-state index contributed by atoms with van der Waals surface area (Å²) in [7, 11) is 0. The molecule has 0 unspecified atom stereocenters. The van der Waals surface area contributed by atoms with Gasteiger partial charge in [-0.3, -0.25) is 9.59 Å². The molecule has 6 nitrogen and oxygen atoms in total. The maximum absolute atomic E-state index is 13.0. The number of carbonyl (C=O) groups is 2. The van der Waals surface area contributed by atoms with Gasteiger partial charge in [-0.05, 0) is 72.2 Å². The van der Waals surface area contributed by atoms with E-state index in [-0.39, 0.29) is 22.6 Å². The van der Waals surface area contributed by atoms with Gasteiger partial charge in [0.15, 0.2) is 0 Å². The normalized spacial score (nSPS) is 11.0. The van der Waals surface area contributed by atoms with Crippen molar-refractivity contribution in [3.63, 3.8) is 0 Å². The van der Waals surface area contributed by atoms with E-state index in [4.69, 9.17) is 0 Å². The first-order valence-electron chi connectivity index (χ1n) is 11.5. The fourth-order valence-corrected chi connectivity index (χ4v) is 3.81. The van der Waals surface area contributed by atoms with Gasteiger partial charge in [-0.15, -0.1) is 0 Å². The van der Waals surface area contributed by atoms with Crippen LogP contribution in [0.2, 0.25) is 0 Å². The first kappa shape index (κ1) is 24.8. The van der Waals surface area contributed by atoms with Gasteiger partial charge in [0.25, 0.3) is 11.8 Å². The van der Waals surface area contributed by atoms with Crippen LogP contribution in [-0.2, 0) is 12.8 Å². The van der Waals surface area contributed by atoms with Crippen molar-refractivity contribution in [1.29, 1.82) is 0 Å². The van der Waals surface area contributed by atoms with Gasteiger partial charge in [-0.1, -0.05) is 52.0 Å². The summed E-state index contributed by atoms with van der Waals surface area (Å²) in [5.74, 6) is -0.367. The first-order chi connectivity index (χ1) is 16.1. The lowest BCUT2D eigenvalue weighted by Crippen LogP contribution is -2.17. The zero-order valence-electron chi connectivity index (χ0n) is 20.1. The van der Waals surface area contributed by atoms with Crippen LogP contribution in [0.4, 0.5) is 11.4 Å². The lowest BCUT2D eigenvalue weighted by atomic mass is 10.00. The summed E-state index contributed by atoms with van der Waals surface area (Å²) in [4.78, 5) is 25.9. The Morgan fingerprint density at radius 3 is 1.41 bits per heavy atom. The highest BCUT2D eigenvalue weighted by Gasteiger charge is 2.17. The standard InChI is InChI=1S/C28H32N2O4/c1-17(2)13-19-9-11-25(31)21(15-19)27(33)29-23-7-5-6-8-24(23)30-28(34)22-16-20(14-18(3)4)10-12-26(22)32/h5-12,15-18,31-32H,13-14H2,1-4H3,(H,29,33)(H,30,34). The Hall–Kier alpha value is -3.80. The third-order valence-electron chi connectivity index (χ3n) is 5.32. The Labute approximate surface area is 200 Å². The summed E-state index contributed by atoms with van der Waals surface area (Å²) < 4.78 is 0. The number of aromatic hydroxyl groups is 2. The van der Waals surface area contributed by atoms with Crippen LogP contribution in [0.25, 0.3) is 0 Å². The van der Waals surface area contributed by atoms with E-state index in [1.165, 1.54) is 12.1 Å². The molecule has 0 aliphatic carbocycles. The Bertz CT molecular complexity index is 1090. The third kappa shape index (κ3) is 6.38. The molecule has 4 N–H and O–H groups in total. The van der Waals surface area contributed by atoms with Gasteiger partial charge < -0.3 is 20.8 Å². The topological polar surface area (TPSA) is 98.7 Å². The number of phenolic OH excluding ortho intramolecular Hbond substituents is 2. The lowest BCUT2D eigenvalue weighted by molar-refractivity contribution is 0.101. The van der Waals surface area contributed by atoms with Crippen molar-refractivity contribution in [1.82, 2.24) is 0 Å². The molecule has 178 valence electrons. The summed E-state index contributed by atoms with van der Waals surface area (Å²) in [5, 5.41) is 26.0. The van der Waals surface area contributed by atoms with Gasteiger partial charge in [0, 0.05) is 0 Å². The number of amides is 2. The van der Waals surface area contributed by atoms with Crippen LogP contribution < -0.4 is 10.6 Å². The smallest absolute Gasteiger partial charge is 0.259 e. The monoisotopic (exact) mass is 460 g/mol. The van der Waals surface area contributed by atoms with Crippen LogP contribution >= 0.6 is 0 Å². The van der Waals surface area contributed by atoms with Crippen LogP contribution in [0.3, 0.4) is 0 Å². The molecule has 6 heteroatoms. The van der Waals surface area contributed by atoms with Gasteiger partial charge in [-0.25, -0.2) is 0 Å². The van der Waals surface area contributed by atoms with Crippen LogP contribution in [-0.4, -0.2) is 22.0 Å². The lowest BCUT2D eigenvalue weighted by Gasteiger charge is -2.15. The molecule has 0 saturated heterocycles. The van der Waals surface area contributed by atoms with Gasteiger partial charge in [0.2, 0.25) is 0 Å². The van der Waals surface area contributed by atoms with E-state index in [9.17, 15) is 19.8 Å². The second kappa shape index (κ2) is 10.9. The van der Waals surface area contributed by atoms with Crippen molar-refractivity contribution >= 4 is 23.2 Å². The minimum Gasteiger partial charge on any atom is -0.507 e. The number of hydrogen-bond acceptors (Lipinski definition) is 4. The van der Waals surface area contributed by atoms with Gasteiger partial charge in [-0.2, -0.15) is 0 Å². The third-order valence-corrected chi connectivity index (χ3v) is 5.32. The molecule has 34 heavy (non-hydrogen) atoms. The number of carbonyl (C=O) groups excluding carboxylic acids is 2. The zero-order valence-corrected chi connectivity index (χ0v) is 20.1. The maximum atomic E-state index is 13.0. The molecule has 2 amide bonds. The summed E-state index contributed by atoms with van der Waals surface area (Å²) in [6.07, 6.45) is 1.57. The molecule has 0 heterocycles. The van der Waals surface area contributed by atoms with Crippen molar-refractivity contribution in [2.45, 2.75) is 40.5 Å². The van der Waals surface area contributed by atoms with E-state index in [0.29, 0.717) is 23.2 Å². The van der Waals surface area contributed by atoms with Crippen molar-refractivity contribution in [2.75, 3.05) is 10.6 Å². The van der Waals surface area contributed by atoms with E-state index in [2.05, 4.69) is 38.3 Å². The number of hydrogen-bond donors (Lipinski definition) is 4. The molecular formula is C28H32N2O4. The molecule has 0 fully saturated rings. The highest BCUT2D eigenvalue weighted by atomic mass is 16.3. The fourth-order valence-electron chi connectivity index (χ4n) is 3.81. The predicted molar refractivity (Wildman–Crippen MR) is 136 cm³/mol. The maximum Gasteiger partial charge on any atom is 0.259 e. The summed E-state index contributed by atoms with van der Waals surface area (Å²) >= 11 is 0. The number of rotatable bonds is 8. The fraction of sp³-hybridized carbons (Fsp3) is 0.286. The molecule has 3 rings (SSSR count). The number of para-hydroxylation sites is 2. The Balaban J connectivity index is 1.82. The molecule has 0 aliphatic heterocycles. The Morgan fingerprint density at radius 1 is 0.676 bits per heavy atom. The molecule has 0 saturated carbocycles. The molecule has 0 radical (unpaired) electrons. The highest BCUT2D eigenvalue weighted by Crippen LogP contribution is 2.27. The van der Waals surface area contributed by atoms with Crippen LogP contribution in [0.1, 0.15) is 59.5 Å². The van der Waals surface area contributed by atoms with E-state index in [1.807, 2.05) is 0 Å². The SMILES string of the molecule is CC(C)Cc1ccc(O)c(C(=O)Nc2ccccc2NC(=O)c2cc(CC(C)C)ccc2O)c1. The second-order valence-electron chi connectivity index (χ2n) is 9.35. The Morgan fingerprint density at radius 2 is 1.06 bits per heavy atom. The molecule has 0 aromatic heterocycles. The summed E-state index contributed by atoms with van der Waals surface area (Å²) in [6, 6.07) is 16.8. The average molecular weight is 461 g/mol. The van der Waals surface area contributed by atoms with Crippen molar-refractivity contribution in [3.8, 4) is 11.5 Å². The molecule has 3 aromatic rings. The molecule has 3 aromatic carbocycles. The van der Waals surface area contributed by atoms with E-state index in [1.54, 1.807) is 48.5 Å². The van der Waals surface area contributed by atoms with Gasteiger partial charge in [0.05, 0.1) is 22.5 Å². The van der Waals surface area contributed by atoms with Gasteiger partial charge >= 0.3 is 0 Å². The number of nitrogens with one attached hydrogen (secondary N) is 2. The predicted octanol–water partition coefficient (Wildman–Crippen LogP) is 6.00. The van der Waals surface area contributed by atoms with Crippen molar-refractivity contribution in [2.24, 2.45) is 11.8 Å². The van der Waals surface area contributed by atoms with Crippen molar-refractivity contribution < 1.29 is 19.8 Å².